The van der Waals surface area contributed by atoms with Gasteiger partial charge in [0, 0.05) is 24.0 Å². The van der Waals surface area contributed by atoms with E-state index in [2.05, 4.69) is 5.32 Å². The number of carbonyl (C=O) groups excluding carboxylic acids is 1. The van der Waals surface area contributed by atoms with Gasteiger partial charge in [0.1, 0.15) is 5.56 Å². The Morgan fingerprint density at radius 3 is 2.52 bits per heavy atom. The van der Waals surface area contributed by atoms with E-state index in [9.17, 15) is 19.7 Å². The molecule has 2 aromatic carbocycles. The number of nitrogens with one attached hydrogen (secondary N) is 1. The zero-order valence-electron chi connectivity index (χ0n) is 16.4. The van der Waals surface area contributed by atoms with Gasteiger partial charge in [-0.2, -0.15) is 0 Å². The Balaban J connectivity index is 1.87. The van der Waals surface area contributed by atoms with E-state index in [1.54, 1.807) is 19.2 Å². The molecular formula is C22H21N3O4. The fraction of sp³-hybridized carbons (Fsp3) is 0.182. The lowest BCUT2D eigenvalue weighted by molar-refractivity contribution is -0.384. The van der Waals surface area contributed by atoms with Crippen LogP contribution in [0.25, 0.3) is 0 Å². The number of nitrogens with zero attached hydrogens (tertiary/aromatic N) is 2. The molecule has 3 aromatic rings. The van der Waals surface area contributed by atoms with Gasteiger partial charge >= 0.3 is 0 Å². The van der Waals surface area contributed by atoms with E-state index in [0.29, 0.717) is 17.8 Å². The summed E-state index contributed by atoms with van der Waals surface area (Å²) in [5.74, 6) is -0.553. The van der Waals surface area contributed by atoms with Gasteiger partial charge in [0.25, 0.3) is 17.2 Å². The van der Waals surface area contributed by atoms with Crippen LogP contribution in [-0.4, -0.2) is 15.4 Å². The Labute approximate surface area is 167 Å². The van der Waals surface area contributed by atoms with Crippen molar-refractivity contribution in [2.24, 2.45) is 0 Å². The average Bonchev–Trinajstić information content (AvgIpc) is 2.67. The maximum atomic E-state index is 12.8. The first-order valence-electron chi connectivity index (χ1n) is 9.08. The monoisotopic (exact) mass is 391 g/mol. The lowest BCUT2D eigenvalue weighted by Crippen LogP contribution is -2.29. The fourth-order valence-corrected chi connectivity index (χ4v) is 3.08. The highest BCUT2D eigenvalue weighted by Crippen LogP contribution is 2.21. The molecule has 0 bridgehead atoms. The average molecular weight is 391 g/mol. The molecule has 29 heavy (non-hydrogen) atoms. The summed E-state index contributed by atoms with van der Waals surface area (Å²) in [6.07, 6.45) is 1.65. The number of rotatable bonds is 5. The van der Waals surface area contributed by atoms with Crippen LogP contribution in [0.1, 0.15) is 32.6 Å². The minimum Gasteiger partial charge on any atom is -0.322 e. The zero-order chi connectivity index (χ0) is 21.1. The second-order valence-corrected chi connectivity index (χ2v) is 7.00. The summed E-state index contributed by atoms with van der Waals surface area (Å²) in [5.41, 5.74) is 3.69. The summed E-state index contributed by atoms with van der Waals surface area (Å²) in [5, 5.41) is 13.5. The summed E-state index contributed by atoms with van der Waals surface area (Å²) in [4.78, 5) is 35.9. The first-order valence-corrected chi connectivity index (χ1v) is 9.08. The second-order valence-electron chi connectivity index (χ2n) is 7.00. The molecule has 0 aliphatic heterocycles. The number of hydrogen-bond donors (Lipinski definition) is 1. The Morgan fingerprint density at radius 1 is 1.07 bits per heavy atom. The highest BCUT2D eigenvalue weighted by Gasteiger charge is 2.15. The highest BCUT2D eigenvalue weighted by atomic mass is 16.6. The fourth-order valence-electron chi connectivity index (χ4n) is 3.08. The normalized spacial score (nSPS) is 10.6. The molecule has 0 fully saturated rings. The molecule has 0 radical (unpaired) electrons. The van der Waals surface area contributed by atoms with Crippen LogP contribution in [0.15, 0.2) is 59.5 Å². The predicted octanol–water partition coefficient (Wildman–Crippen LogP) is 3.98. The third-order valence-electron chi connectivity index (χ3n) is 4.78. The third-order valence-corrected chi connectivity index (χ3v) is 4.78. The second kappa shape index (κ2) is 8.10. The highest BCUT2D eigenvalue weighted by molar-refractivity contribution is 6.04. The van der Waals surface area contributed by atoms with Crippen LogP contribution in [0.3, 0.4) is 0 Å². The zero-order valence-corrected chi connectivity index (χ0v) is 16.4. The molecular weight excluding hydrogens is 370 g/mol. The van der Waals surface area contributed by atoms with Crippen LogP contribution >= 0.6 is 0 Å². The van der Waals surface area contributed by atoms with Gasteiger partial charge in [0.15, 0.2) is 0 Å². The predicted molar refractivity (Wildman–Crippen MR) is 112 cm³/mol. The molecule has 0 aliphatic carbocycles. The number of aryl methyl sites for hydroxylation is 3. The number of non-ortho nitro benzene ring substituents is 1. The van der Waals surface area contributed by atoms with Gasteiger partial charge in [0.05, 0.1) is 11.5 Å². The van der Waals surface area contributed by atoms with Crippen molar-refractivity contribution in [3.8, 4) is 0 Å². The van der Waals surface area contributed by atoms with Crippen LogP contribution in [0.5, 0.6) is 0 Å². The van der Waals surface area contributed by atoms with Crippen LogP contribution in [0, 0.1) is 30.9 Å². The van der Waals surface area contributed by atoms with Gasteiger partial charge < -0.3 is 9.88 Å². The first kappa shape index (κ1) is 20.0. The number of nitro groups is 1. The number of hydrogen-bond acceptors (Lipinski definition) is 4. The Kier molecular flexibility index (Phi) is 5.59. The first-order chi connectivity index (χ1) is 13.8. The van der Waals surface area contributed by atoms with Crippen LogP contribution in [-0.2, 0) is 6.54 Å². The van der Waals surface area contributed by atoms with E-state index in [1.807, 2.05) is 32.0 Å². The van der Waals surface area contributed by atoms with E-state index in [0.717, 1.165) is 16.7 Å². The van der Waals surface area contributed by atoms with E-state index in [4.69, 9.17) is 0 Å². The molecule has 3 rings (SSSR count). The molecule has 1 heterocycles. The number of nitro benzene ring substituents is 1. The minimum atomic E-state index is -0.553. The maximum Gasteiger partial charge on any atom is 0.269 e. The Morgan fingerprint density at radius 2 is 1.83 bits per heavy atom. The van der Waals surface area contributed by atoms with Crippen LogP contribution in [0.2, 0.25) is 0 Å². The lowest BCUT2D eigenvalue weighted by Gasteiger charge is -2.12. The van der Waals surface area contributed by atoms with Crippen molar-refractivity contribution in [1.82, 2.24) is 4.57 Å². The largest absolute Gasteiger partial charge is 0.322 e. The summed E-state index contributed by atoms with van der Waals surface area (Å²) >= 11 is 0. The Hall–Kier alpha value is -3.74. The van der Waals surface area contributed by atoms with Crippen molar-refractivity contribution in [3.63, 3.8) is 0 Å². The van der Waals surface area contributed by atoms with Gasteiger partial charge in [-0.3, -0.25) is 19.7 Å². The number of benzene rings is 2. The topological polar surface area (TPSA) is 94.2 Å². The van der Waals surface area contributed by atoms with E-state index in [1.165, 1.54) is 28.8 Å². The third kappa shape index (κ3) is 4.40. The van der Waals surface area contributed by atoms with Crippen molar-refractivity contribution in [2.45, 2.75) is 27.3 Å². The van der Waals surface area contributed by atoms with Crippen molar-refractivity contribution in [3.05, 3.63) is 103 Å². The van der Waals surface area contributed by atoms with E-state index >= 15 is 0 Å². The van der Waals surface area contributed by atoms with Crippen molar-refractivity contribution in [1.29, 1.82) is 0 Å². The molecule has 0 saturated carbocycles. The summed E-state index contributed by atoms with van der Waals surface area (Å²) in [7, 11) is 0. The maximum absolute atomic E-state index is 12.8. The van der Waals surface area contributed by atoms with Crippen molar-refractivity contribution < 1.29 is 9.72 Å². The molecule has 7 heteroatoms. The number of carbonyl (C=O) groups is 1. The molecule has 7 nitrogen and oxygen atoms in total. The molecule has 1 aromatic heterocycles. The standard InChI is InChI=1S/C22H21N3O4/c1-14-6-7-15(2)17(11-14)13-24-10-4-5-19(22(24)27)21(26)23-20-9-8-18(25(28)29)12-16(20)3/h4-12H,13H2,1-3H3,(H,23,26). The molecule has 0 saturated heterocycles. The number of amides is 1. The minimum absolute atomic E-state index is 0.00978. The number of anilines is 1. The lowest BCUT2D eigenvalue weighted by atomic mass is 10.1. The summed E-state index contributed by atoms with van der Waals surface area (Å²) < 4.78 is 1.50. The molecule has 148 valence electrons. The molecule has 1 N–H and O–H groups in total. The number of pyridine rings is 1. The van der Waals surface area contributed by atoms with Gasteiger partial charge in [-0.05, 0) is 55.7 Å². The van der Waals surface area contributed by atoms with E-state index in [-0.39, 0.29) is 11.3 Å². The van der Waals surface area contributed by atoms with Crippen LogP contribution in [0.4, 0.5) is 11.4 Å². The molecule has 0 aliphatic rings. The Bertz CT molecular complexity index is 1160. The van der Waals surface area contributed by atoms with Crippen molar-refractivity contribution in [2.75, 3.05) is 5.32 Å². The van der Waals surface area contributed by atoms with Crippen LogP contribution < -0.4 is 10.9 Å². The van der Waals surface area contributed by atoms with Gasteiger partial charge in [-0.15, -0.1) is 0 Å². The molecule has 1 amide bonds. The van der Waals surface area contributed by atoms with Gasteiger partial charge in [0.2, 0.25) is 0 Å². The van der Waals surface area contributed by atoms with Gasteiger partial charge in [-0.25, -0.2) is 0 Å². The van der Waals surface area contributed by atoms with Crippen molar-refractivity contribution >= 4 is 17.3 Å². The molecule has 0 spiro atoms. The van der Waals surface area contributed by atoms with E-state index < -0.39 is 16.4 Å². The molecule has 0 atom stereocenters. The quantitative estimate of drug-likeness (QED) is 0.526. The molecule has 0 unspecified atom stereocenters. The van der Waals surface area contributed by atoms with Gasteiger partial charge in [-0.1, -0.05) is 23.8 Å². The smallest absolute Gasteiger partial charge is 0.269 e. The number of aromatic nitrogens is 1. The summed E-state index contributed by atoms with van der Waals surface area (Å²) in [6, 6.07) is 13.3. The summed E-state index contributed by atoms with van der Waals surface area (Å²) in [6.45, 7) is 5.99. The SMILES string of the molecule is Cc1ccc(C)c(Cn2cccc(C(=O)Nc3ccc([N+](=O)[O-])cc3C)c2=O)c1.